The number of para-hydroxylation sites is 1. The fourth-order valence-electron chi connectivity index (χ4n) is 3.06. The van der Waals surface area contributed by atoms with Crippen LogP contribution in [0, 0.1) is 10.1 Å². The van der Waals surface area contributed by atoms with Crippen LogP contribution in [0.15, 0.2) is 93.0 Å². The molecule has 1 amide bonds. The normalized spacial score (nSPS) is 11.6. The molecule has 0 bridgehead atoms. The summed E-state index contributed by atoms with van der Waals surface area (Å²) in [6, 6.07) is 15.7. The number of rotatable bonds is 8. The highest BCUT2D eigenvalue weighted by Crippen LogP contribution is 2.30. The van der Waals surface area contributed by atoms with Gasteiger partial charge in [-0.25, -0.2) is 21.8 Å². The number of hydrogen-bond acceptors (Lipinski definition) is 9. The number of anilines is 2. The van der Waals surface area contributed by atoms with Gasteiger partial charge in [0.1, 0.15) is 4.21 Å². The molecule has 0 atom stereocenters. The van der Waals surface area contributed by atoms with E-state index < -0.39 is 30.7 Å². The minimum absolute atomic E-state index is 0.00905. The number of sulfone groups is 1. The number of nitrogens with one attached hydrogen (secondary N) is 2. The highest BCUT2D eigenvalue weighted by atomic mass is 35.5. The largest absolute Gasteiger partial charge is 0.298 e. The van der Waals surface area contributed by atoms with Crippen LogP contribution in [0.1, 0.15) is 10.4 Å². The molecule has 190 valence electrons. The quantitative estimate of drug-likeness (QED) is 0.226. The Kier molecular flexibility index (Phi) is 7.27. The van der Waals surface area contributed by atoms with Gasteiger partial charge < -0.3 is 0 Å². The summed E-state index contributed by atoms with van der Waals surface area (Å²) in [5, 5.41) is 13.6. The van der Waals surface area contributed by atoms with Gasteiger partial charge in [0, 0.05) is 17.2 Å². The third-order valence-corrected chi connectivity index (χ3v) is 9.64. The van der Waals surface area contributed by atoms with Crippen LogP contribution in [0.25, 0.3) is 0 Å². The fourth-order valence-corrected chi connectivity index (χ4v) is 6.69. The number of carbonyl (C=O) groups is 1. The van der Waals surface area contributed by atoms with Crippen molar-refractivity contribution in [3.05, 3.63) is 99.7 Å². The van der Waals surface area contributed by atoms with E-state index in [2.05, 4.69) is 15.0 Å². The Morgan fingerprint density at radius 2 is 1.54 bits per heavy atom. The standard InChI is InChI=1S/C22H15ClN4O7S3/c23-14-5-9-17(10-6-14)37(33,34)26-19-4-2-1-3-18(19)21(28)25-22-24-13-20(35-22)36(31,32)16-11-7-15(8-12-16)27(29)30/h1-13,26H,(H,24,25,28). The summed E-state index contributed by atoms with van der Waals surface area (Å²) in [5.41, 5.74) is -0.304. The Bertz CT molecular complexity index is 1700. The Hall–Kier alpha value is -3.85. The summed E-state index contributed by atoms with van der Waals surface area (Å²) in [7, 11) is -8.08. The number of carbonyl (C=O) groups excluding carboxylic acids is 1. The summed E-state index contributed by atoms with van der Waals surface area (Å²) in [6.45, 7) is 0. The molecule has 4 aromatic rings. The first kappa shape index (κ1) is 26.2. The Balaban J connectivity index is 1.54. The lowest BCUT2D eigenvalue weighted by atomic mass is 10.2. The summed E-state index contributed by atoms with van der Waals surface area (Å²) in [4.78, 5) is 26.8. The molecule has 1 aromatic heterocycles. The summed E-state index contributed by atoms with van der Waals surface area (Å²) in [5.74, 6) is -0.733. The van der Waals surface area contributed by atoms with Gasteiger partial charge in [-0.05, 0) is 48.5 Å². The van der Waals surface area contributed by atoms with Crippen LogP contribution in [0.2, 0.25) is 5.02 Å². The minimum Gasteiger partial charge on any atom is -0.298 e. The number of nitro benzene ring substituents is 1. The molecule has 0 spiro atoms. The number of amides is 1. The van der Waals surface area contributed by atoms with Crippen molar-refractivity contribution in [3.63, 3.8) is 0 Å². The summed E-state index contributed by atoms with van der Waals surface area (Å²) < 4.78 is 53.4. The van der Waals surface area contributed by atoms with Crippen molar-refractivity contribution in [2.24, 2.45) is 0 Å². The molecule has 4 rings (SSSR count). The highest BCUT2D eigenvalue weighted by molar-refractivity contribution is 7.93. The molecule has 0 radical (unpaired) electrons. The number of hydrogen-bond donors (Lipinski definition) is 2. The van der Waals surface area contributed by atoms with Gasteiger partial charge in [-0.2, -0.15) is 0 Å². The molecular weight excluding hydrogens is 564 g/mol. The van der Waals surface area contributed by atoms with Crippen LogP contribution >= 0.6 is 22.9 Å². The molecule has 15 heteroatoms. The van der Waals surface area contributed by atoms with Gasteiger partial charge in [-0.15, -0.1) is 0 Å². The van der Waals surface area contributed by atoms with E-state index in [4.69, 9.17) is 11.6 Å². The maximum absolute atomic E-state index is 12.9. The molecule has 1 heterocycles. The van der Waals surface area contributed by atoms with Crippen molar-refractivity contribution in [2.45, 2.75) is 14.0 Å². The molecule has 0 aliphatic carbocycles. The SMILES string of the molecule is O=C(Nc1ncc(S(=O)(=O)c2ccc([N+](=O)[O-])cc2)s1)c1ccccc1NS(=O)(=O)c1ccc(Cl)cc1. The number of sulfonamides is 1. The van der Waals surface area contributed by atoms with Crippen LogP contribution < -0.4 is 10.0 Å². The lowest BCUT2D eigenvalue weighted by molar-refractivity contribution is -0.384. The van der Waals surface area contributed by atoms with Gasteiger partial charge in [0.05, 0.1) is 32.2 Å². The first-order chi connectivity index (χ1) is 17.5. The van der Waals surface area contributed by atoms with E-state index >= 15 is 0 Å². The molecule has 11 nitrogen and oxygen atoms in total. The molecule has 0 saturated heterocycles. The topological polar surface area (TPSA) is 165 Å². The van der Waals surface area contributed by atoms with E-state index in [0.717, 1.165) is 30.5 Å². The molecule has 2 N–H and O–H groups in total. The van der Waals surface area contributed by atoms with Crippen LogP contribution in [0.5, 0.6) is 0 Å². The zero-order valence-electron chi connectivity index (χ0n) is 18.4. The van der Waals surface area contributed by atoms with E-state index in [9.17, 15) is 31.7 Å². The van der Waals surface area contributed by atoms with Crippen molar-refractivity contribution in [3.8, 4) is 0 Å². The van der Waals surface area contributed by atoms with Crippen LogP contribution in [0.3, 0.4) is 0 Å². The minimum atomic E-state index is -4.05. The predicted octanol–water partition coefficient (Wildman–Crippen LogP) is 4.59. The van der Waals surface area contributed by atoms with Gasteiger partial charge in [-0.3, -0.25) is 24.9 Å². The third kappa shape index (κ3) is 5.77. The maximum Gasteiger partial charge on any atom is 0.269 e. The second-order valence-electron chi connectivity index (χ2n) is 7.30. The van der Waals surface area contributed by atoms with Crippen molar-refractivity contribution < 1.29 is 26.6 Å². The number of benzene rings is 3. The van der Waals surface area contributed by atoms with E-state index in [0.29, 0.717) is 16.4 Å². The first-order valence-corrected chi connectivity index (χ1v) is 14.3. The molecule has 0 saturated carbocycles. The van der Waals surface area contributed by atoms with E-state index in [1.807, 2.05) is 0 Å². The number of non-ortho nitro benzene ring substituents is 1. The van der Waals surface area contributed by atoms with Gasteiger partial charge in [0.25, 0.3) is 21.6 Å². The first-order valence-electron chi connectivity index (χ1n) is 10.1. The smallest absolute Gasteiger partial charge is 0.269 e. The van der Waals surface area contributed by atoms with E-state index in [-0.39, 0.29) is 36.1 Å². The number of nitrogens with zero attached hydrogens (tertiary/aromatic N) is 2. The number of thiazole rings is 1. The maximum atomic E-state index is 12.9. The molecule has 0 aliphatic heterocycles. The molecule has 3 aromatic carbocycles. The van der Waals surface area contributed by atoms with E-state index in [1.54, 1.807) is 0 Å². The molecular formula is C22H15ClN4O7S3. The number of nitro groups is 1. The Labute approximate surface area is 219 Å². The fraction of sp³-hybridized carbons (Fsp3) is 0. The van der Waals surface area contributed by atoms with Gasteiger partial charge in [0.2, 0.25) is 9.84 Å². The van der Waals surface area contributed by atoms with Crippen LogP contribution in [-0.2, 0) is 19.9 Å². The summed E-state index contributed by atoms with van der Waals surface area (Å²) >= 11 is 6.48. The second-order valence-corrected chi connectivity index (χ2v) is 12.6. The van der Waals surface area contributed by atoms with Gasteiger partial charge in [-0.1, -0.05) is 35.1 Å². The van der Waals surface area contributed by atoms with Crippen molar-refractivity contribution in [1.82, 2.24) is 4.98 Å². The van der Waals surface area contributed by atoms with Crippen molar-refractivity contribution in [2.75, 3.05) is 10.0 Å². The number of aromatic nitrogens is 1. The average molecular weight is 579 g/mol. The molecule has 0 unspecified atom stereocenters. The zero-order chi connectivity index (χ0) is 26.8. The van der Waals surface area contributed by atoms with Crippen molar-refractivity contribution >= 4 is 65.2 Å². The van der Waals surface area contributed by atoms with Crippen LogP contribution in [-0.4, -0.2) is 32.7 Å². The van der Waals surface area contributed by atoms with Crippen molar-refractivity contribution in [1.29, 1.82) is 0 Å². The Morgan fingerprint density at radius 3 is 2.19 bits per heavy atom. The predicted molar refractivity (Wildman–Crippen MR) is 137 cm³/mol. The van der Waals surface area contributed by atoms with Gasteiger partial charge in [0.15, 0.2) is 5.13 Å². The molecule has 0 aliphatic rings. The third-order valence-electron chi connectivity index (χ3n) is 4.87. The average Bonchev–Trinajstić information content (AvgIpc) is 3.34. The highest BCUT2D eigenvalue weighted by Gasteiger charge is 2.24. The summed E-state index contributed by atoms with van der Waals surface area (Å²) in [6.07, 6.45) is 1.05. The lowest BCUT2D eigenvalue weighted by Gasteiger charge is -2.12. The lowest BCUT2D eigenvalue weighted by Crippen LogP contribution is -2.18. The molecule has 37 heavy (non-hydrogen) atoms. The van der Waals surface area contributed by atoms with Crippen LogP contribution in [0.4, 0.5) is 16.5 Å². The second kappa shape index (κ2) is 10.3. The molecule has 0 fully saturated rings. The Morgan fingerprint density at radius 1 is 0.919 bits per heavy atom. The van der Waals surface area contributed by atoms with Gasteiger partial charge >= 0.3 is 0 Å². The number of halogens is 1. The van der Waals surface area contributed by atoms with E-state index in [1.165, 1.54) is 48.5 Å². The monoisotopic (exact) mass is 578 g/mol. The zero-order valence-corrected chi connectivity index (χ0v) is 21.6.